The molecule has 11 aromatic rings. The molecule has 11 rings (SSSR count). The van der Waals surface area contributed by atoms with Gasteiger partial charge in [-0.15, -0.1) is 0 Å². The van der Waals surface area contributed by atoms with E-state index in [2.05, 4.69) is 156 Å². The summed E-state index contributed by atoms with van der Waals surface area (Å²) in [6.07, 6.45) is 0. The number of nitrogens with zero attached hydrogens (tertiary/aromatic N) is 4. The van der Waals surface area contributed by atoms with Gasteiger partial charge < -0.3 is 4.42 Å². The lowest BCUT2D eigenvalue weighted by Gasteiger charge is -2.13. The van der Waals surface area contributed by atoms with Crippen LogP contribution >= 0.6 is 0 Å². The van der Waals surface area contributed by atoms with E-state index in [-0.39, 0.29) is 0 Å². The third-order valence-corrected chi connectivity index (χ3v) is 10.6. The van der Waals surface area contributed by atoms with Crippen LogP contribution in [-0.2, 0) is 0 Å². The molecule has 0 aliphatic heterocycles. The zero-order valence-corrected chi connectivity index (χ0v) is 30.2. The number of hydrogen-bond donors (Lipinski definition) is 0. The second-order valence-electron chi connectivity index (χ2n) is 14.1. The number of para-hydroxylation sites is 1. The number of fused-ring (bicyclic) bond motifs is 6. The van der Waals surface area contributed by atoms with Gasteiger partial charge in [0.15, 0.2) is 5.82 Å². The smallest absolute Gasteiger partial charge is 0.160 e. The van der Waals surface area contributed by atoms with Gasteiger partial charge in [-0.3, -0.25) is 0 Å². The first-order valence-electron chi connectivity index (χ1n) is 18.8. The molecule has 262 valence electrons. The number of aromatic nitrogens is 4. The number of benzene rings is 7. The lowest BCUT2D eigenvalue weighted by Crippen LogP contribution is -1.98. The van der Waals surface area contributed by atoms with Gasteiger partial charge in [-0.1, -0.05) is 158 Å². The van der Waals surface area contributed by atoms with Crippen LogP contribution in [0.25, 0.3) is 106 Å². The average molecular weight is 717 g/mol. The molecule has 0 saturated carbocycles. The highest BCUT2D eigenvalue weighted by Gasteiger charge is 2.22. The van der Waals surface area contributed by atoms with E-state index >= 15 is 0 Å². The van der Waals surface area contributed by atoms with Gasteiger partial charge in [0.2, 0.25) is 0 Å². The van der Waals surface area contributed by atoms with E-state index in [4.69, 9.17) is 19.5 Å². The normalized spacial score (nSPS) is 11.6. The summed E-state index contributed by atoms with van der Waals surface area (Å²) in [7, 11) is 0. The van der Waals surface area contributed by atoms with Crippen LogP contribution in [0.3, 0.4) is 0 Å². The molecule has 4 heterocycles. The third kappa shape index (κ3) is 5.37. The second kappa shape index (κ2) is 13.0. The molecule has 0 atom stereocenters. The minimum Gasteiger partial charge on any atom is -0.456 e. The van der Waals surface area contributed by atoms with Gasteiger partial charge in [0.1, 0.15) is 16.9 Å². The molecule has 0 saturated heterocycles. The zero-order valence-electron chi connectivity index (χ0n) is 30.2. The van der Waals surface area contributed by atoms with Crippen molar-refractivity contribution in [2.24, 2.45) is 0 Å². The van der Waals surface area contributed by atoms with E-state index in [1.807, 2.05) is 42.5 Å². The minimum absolute atomic E-state index is 0.661. The summed E-state index contributed by atoms with van der Waals surface area (Å²) in [4.78, 5) is 10.3. The first kappa shape index (κ1) is 31.9. The largest absolute Gasteiger partial charge is 0.456 e. The Kier molecular flexibility index (Phi) is 7.42. The molecule has 7 aromatic carbocycles. The lowest BCUT2D eigenvalue weighted by molar-refractivity contribution is 0.669. The SMILES string of the molecule is c1ccc(-c2nc(-c3cccc(-c4cc5ccccc5c5c(-c6ccccc6)c(-c6ccccc6)nn45)c3)cc(-c3ccc4c(c3)oc3ccccc34)n2)cc1. The van der Waals surface area contributed by atoms with Gasteiger partial charge >= 0.3 is 0 Å². The van der Waals surface area contributed by atoms with Crippen molar-refractivity contribution in [1.82, 2.24) is 19.6 Å². The lowest BCUT2D eigenvalue weighted by atomic mass is 9.96. The first-order chi connectivity index (χ1) is 27.7. The maximum absolute atomic E-state index is 6.29. The van der Waals surface area contributed by atoms with Crippen molar-refractivity contribution in [3.8, 4) is 67.5 Å². The van der Waals surface area contributed by atoms with Crippen LogP contribution in [0, 0.1) is 0 Å². The van der Waals surface area contributed by atoms with Crippen molar-refractivity contribution in [1.29, 1.82) is 0 Å². The van der Waals surface area contributed by atoms with E-state index in [0.29, 0.717) is 5.82 Å². The molecule has 0 aliphatic carbocycles. The van der Waals surface area contributed by atoms with E-state index in [1.165, 1.54) is 0 Å². The molecule has 0 bridgehead atoms. The predicted octanol–water partition coefficient (Wildman–Crippen LogP) is 13.2. The summed E-state index contributed by atoms with van der Waals surface area (Å²) >= 11 is 0. The van der Waals surface area contributed by atoms with Gasteiger partial charge in [0, 0.05) is 49.5 Å². The molecule has 0 radical (unpaired) electrons. The minimum atomic E-state index is 0.661. The summed E-state index contributed by atoms with van der Waals surface area (Å²) in [5, 5.41) is 9.90. The first-order valence-corrected chi connectivity index (χ1v) is 18.8. The van der Waals surface area contributed by atoms with Crippen LogP contribution in [0.5, 0.6) is 0 Å². The standard InChI is InChI=1S/C51H32N4O/c1-4-15-33(16-5-1)48-49(34-17-6-2-7-18-34)54-55-45(30-36-21-10-11-24-40(36)50(48)55)39-23-14-22-37(29-39)43-32-44(53-51(52-43)35-19-8-3-9-20-35)38-27-28-42-41-25-12-13-26-46(41)56-47(42)31-38/h1-32H. The van der Waals surface area contributed by atoms with Crippen LogP contribution in [0.2, 0.25) is 0 Å². The molecule has 56 heavy (non-hydrogen) atoms. The molecule has 0 N–H and O–H groups in total. The second-order valence-corrected chi connectivity index (χ2v) is 14.1. The Morgan fingerprint density at radius 3 is 1.75 bits per heavy atom. The Bertz CT molecular complexity index is 3240. The predicted molar refractivity (Wildman–Crippen MR) is 228 cm³/mol. The molecule has 5 heteroatoms. The van der Waals surface area contributed by atoms with Gasteiger partial charge in [-0.05, 0) is 47.3 Å². The fraction of sp³-hybridized carbons (Fsp3) is 0. The highest BCUT2D eigenvalue weighted by Crippen LogP contribution is 2.41. The Morgan fingerprint density at radius 1 is 0.393 bits per heavy atom. The molecule has 0 aliphatic rings. The number of furan rings is 1. The summed E-state index contributed by atoms with van der Waals surface area (Å²) in [5.74, 6) is 0.661. The van der Waals surface area contributed by atoms with Crippen molar-refractivity contribution in [2.75, 3.05) is 0 Å². The molecule has 4 aromatic heterocycles. The van der Waals surface area contributed by atoms with E-state index in [0.717, 1.165) is 99.9 Å². The van der Waals surface area contributed by atoms with Crippen molar-refractivity contribution < 1.29 is 4.42 Å². The average Bonchev–Trinajstić information content (AvgIpc) is 3.86. The Hall–Kier alpha value is -7.63. The summed E-state index contributed by atoms with van der Waals surface area (Å²) < 4.78 is 8.42. The maximum Gasteiger partial charge on any atom is 0.160 e. The number of rotatable bonds is 6. The molecule has 5 nitrogen and oxygen atoms in total. The van der Waals surface area contributed by atoms with Gasteiger partial charge in [0.05, 0.1) is 22.6 Å². The quantitative estimate of drug-likeness (QED) is 0.172. The van der Waals surface area contributed by atoms with Crippen LogP contribution in [0.4, 0.5) is 0 Å². The molecule has 0 fully saturated rings. The van der Waals surface area contributed by atoms with Crippen molar-refractivity contribution in [3.05, 3.63) is 194 Å². The molecule has 0 spiro atoms. The van der Waals surface area contributed by atoms with Crippen molar-refractivity contribution in [2.45, 2.75) is 0 Å². The Labute approximate surface area is 322 Å². The molecule has 0 unspecified atom stereocenters. The van der Waals surface area contributed by atoms with E-state index in [9.17, 15) is 0 Å². The van der Waals surface area contributed by atoms with Gasteiger partial charge in [0.25, 0.3) is 0 Å². The summed E-state index contributed by atoms with van der Waals surface area (Å²) in [6.45, 7) is 0. The maximum atomic E-state index is 6.29. The van der Waals surface area contributed by atoms with Crippen LogP contribution in [0.1, 0.15) is 0 Å². The van der Waals surface area contributed by atoms with Gasteiger partial charge in [-0.25, -0.2) is 14.5 Å². The van der Waals surface area contributed by atoms with Crippen LogP contribution in [-0.4, -0.2) is 19.6 Å². The number of hydrogen-bond acceptors (Lipinski definition) is 4. The Balaban J connectivity index is 1.12. The highest BCUT2D eigenvalue weighted by molar-refractivity contribution is 6.09. The molecular formula is C51H32N4O. The van der Waals surface area contributed by atoms with Crippen LogP contribution in [0.15, 0.2) is 199 Å². The van der Waals surface area contributed by atoms with Crippen molar-refractivity contribution in [3.63, 3.8) is 0 Å². The fourth-order valence-corrected chi connectivity index (χ4v) is 7.95. The zero-order chi connectivity index (χ0) is 37.0. The summed E-state index contributed by atoms with van der Waals surface area (Å²) in [5.41, 5.74) is 13.6. The highest BCUT2D eigenvalue weighted by atomic mass is 16.3. The van der Waals surface area contributed by atoms with Gasteiger partial charge in [-0.2, -0.15) is 5.10 Å². The monoisotopic (exact) mass is 716 g/mol. The van der Waals surface area contributed by atoms with Crippen molar-refractivity contribution >= 4 is 38.2 Å². The molecular weight excluding hydrogens is 685 g/mol. The summed E-state index contributed by atoms with van der Waals surface area (Å²) in [6, 6.07) is 67.3. The Morgan fingerprint density at radius 2 is 0.982 bits per heavy atom. The third-order valence-electron chi connectivity index (χ3n) is 10.6. The molecule has 0 amide bonds. The van der Waals surface area contributed by atoms with E-state index < -0.39 is 0 Å². The number of pyridine rings is 1. The van der Waals surface area contributed by atoms with E-state index in [1.54, 1.807) is 0 Å². The van der Waals surface area contributed by atoms with Crippen LogP contribution < -0.4 is 0 Å². The topological polar surface area (TPSA) is 56.2 Å². The fourth-order valence-electron chi connectivity index (χ4n) is 7.95.